The second kappa shape index (κ2) is 7.27. The second-order valence-electron chi connectivity index (χ2n) is 5.26. The van der Waals surface area contributed by atoms with E-state index in [1.165, 1.54) is 17.4 Å². The Morgan fingerprint density at radius 1 is 1.25 bits per heavy atom. The summed E-state index contributed by atoms with van der Waals surface area (Å²) in [5.74, 6) is 0.314. The number of aromatic nitrogens is 1. The second-order valence-corrected chi connectivity index (χ2v) is 6.38. The molecule has 0 atom stereocenters. The summed E-state index contributed by atoms with van der Waals surface area (Å²) < 4.78 is 11.6. The Morgan fingerprint density at radius 3 is 2.88 bits per heavy atom. The zero-order valence-corrected chi connectivity index (χ0v) is 14.3. The number of carbonyl (C=O) groups excluding carboxylic acids is 1. The zero-order valence-electron chi connectivity index (χ0n) is 13.5. The molecule has 0 spiro atoms. The number of thiazole rings is 1. The van der Waals surface area contributed by atoms with Crippen molar-refractivity contribution in [2.24, 2.45) is 0 Å². The number of hydrogen-bond acceptors (Lipinski definition) is 5. The molecule has 0 radical (unpaired) electrons. The highest BCUT2D eigenvalue weighted by Crippen LogP contribution is 2.23. The number of nitrogens with zero attached hydrogens (tertiary/aromatic N) is 1. The first-order valence-corrected chi connectivity index (χ1v) is 8.31. The SMILES string of the molecule is COc1ccc(C)cc1/C=C/C(=O)OCc1nc2ccccc2s1. The molecule has 0 saturated heterocycles. The van der Waals surface area contributed by atoms with Crippen LogP contribution in [-0.2, 0) is 16.1 Å². The molecule has 0 aliphatic carbocycles. The van der Waals surface area contributed by atoms with Crippen LogP contribution in [0.25, 0.3) is 16.3 Å². The van der Waals surface area contributed by atoms with Crippen molar-refractivity contribution in [3.8, 4) is 5.75 Å². The molecule has 0 N–H and O–H groups in total. The monoisotopic (exact) mass is 339 g/mol. The maximum Gasteiger partial charge on any atom is 0.331 e. The van der Waals surface area contributed by atoms with Crippen molar-refractivity contribution in [1.82, 2.24) is 4.98 Å². The average Bonchev–Trinajstić information content (AvgIpc) is 3.01. The van der Waals surface area contributed by atoms with E-state index in [-0.39, 0.29) is 6.61 Å². The van der Waals surface area contributed by atoms with Crippen molar-refractivity contribution in [3.05, 3.63) is 64.7 Å². The molecule has 5 heteroatoms. The molecule has 0 amide bonds. The molecule has 122 valence electrons. The van der Waals surface area contributed by atoms with E-state index in [1.807, 2.05) is 49.4 Å². The van der Waals surface area contributed by atoms with Gasteiger partial charge in [-0.2, -0.15) is 0 Å². The van der Waals surface area contributed by atoms with E-state index in [0.29, 0.717) is 0 Å². The molecule has 2 aromatic carbocycles. The number of carbonyl (C=O) groups is 1. The van der Waals surface area contributed by atoms with E-state index in [2.05, 4.69) is 4.98 Å². The molecule has 0 aliphatic rings. The van der Waals surface area contributed by atoms with Gasteiger partial charge < -0.3 is 9.47 Å². The van der Waals surface area contributed by atoms with Crippen molar-refractivity contribution < 1.29 is 14.3 Å². The van der Waals surface area contributed by atoms with Crippen LogP contribution in [0.1, 0.15) is 16.1 Å². The summed E-state index contributed by atoms with van der Waals surface area (Å²) in [6, 6.07) is 13.6. The number of fused-ring (bicyclic) bond motifs is 1. The van der Waals surface area contributed by atoms with Crippen LogP contribution >= 0.6 is 11.3 Å². The minimum atomic E-state index is -0.405. The summed E-state index contributed by atoms with van der Waals surface area (Å²) in [6.45, 7) is 2.16. The highest BCUT2D eigenvalue weighted by molar-refractivity contribution is 7.18. The first kappa shape index (κ1) is 16.2. The Labute approximate surface area is 144 Å². The Kier molecular flexibility index (Phi) is 4.91. The highest BCUT2D eigenvalue weighted by atomic mass is 32.1. The number of esters is 1. The summed E-state index contributed by atoms with van der Waals surface area (Å²) in [7, 11) is 1.60. The van der Waals surface area contributed by atoms with E-state index in [1.54, 1.807) is 13.2 Å². The molecule has 0 fully saturated rings. The van der Waals surface area contributed by atoms with Crippen molar-refractivity contribution in [2.45, 2.75) is 13.5 Å². The van der Waals surface area contributed by atoms with Gasteiger partial charge in [0.2, 0.25) is 0 Å². The van der Waals surface area contributed by atoms with E-state index >= 15 is 0 Å². The Balaban J connectivity index is 1.64. The fraction of sp³-hybridized carbons (Fsp3) is 0.158. The normalized spacial score (nSPS) is 11.1. The Hall–Kier alpha value is -2.66. The van der Waals surface area contributed by atoms with Gasteiger partial charge in [0, 0.05) is 11.6 Å². The first-order chi connectivity index (χ1) is 11.7. The molecule has 0 aliphatic heterocycles. The van der Waals surface area contributed by atoms with E-state index in [4.69, 9.17) is 9.47 Å². The summed E-state index contributed by atoms with van der Waals surface area (Å²) in [5.41, 5.74) is 2.86. The number of benzene rings is 2. The van der Waals surface area contributed by atoms with Gasteiger partial charge >= 0.3 is 5.97 Å². The van der Waals surface area contributed by atoms with Crippen LogP contribution in [0.2, 0.25) is 0 Å². The summed E-state index contributed by atoms with van der Waals surface area (Å²) in [5, 5.41) is 0.783. The number of hydrogen-bond donors (Lipinski definition) is 0. The van der Waals surface area contributed by atoms with Gasteiger partial charge in [-0.25, -0.2) is 9.78 Å². The molecule has 1 aromatic heterocycles. The smallest absolute Gasteiger partial charge is 0.331 e. The highest BCUT2D eigenvalue weighted by Gasteiger charge is 2.06. The average molecular weight is 339 g/mol. The van der Waals surface area contributed by atoms with E-state index in [0.717, 1.165) is 32.1 Å². The van der Waals surface area contributed by atoms with Crippen LogP contribution in [-0.4, -0.2) is 18.1 Å². The van der Waals surface area contributed by atoms with Crippen molar-refractivity contribution in [3.63, 3.8) is 0 Å². The fourth-order valence-electron chi connectivity index (χ4n) is 2.30. The topological polar surface area (TPSA) is 48.4 Å². The van der Waals surface area contributed by atoms with Crippen molar-refractivity contribution in [1.29, 1.82) is 0 Å². The predicted octanol–water partition coefficient (Wildman–Crippen LogP) is 4.37. The molecule has 4 nitrogen and oxygen atoms in total. The third kappa shape index (κ3) is 3.81. The Bertz CT molecular complexity index is 866. The van der Waals surface area contributed by atoms with Gasteiger partial charge in [-0.3, -0.25) is 0 Å². The van der Waals surface area contributed by atoms with Crippen LogP contribution in [0.5, 0.6) is 5.75 Å². The summed E-state index contributed by atoms with van der Waals surface area (Å²) >= 11 is 1.53. The summed E-state index contributed by atoms with van der Waals surface area (Å²) in [6.07, 6.45) is 3.11. The molecule has 0 saturated carbocycles. The van der Waals surface area contributed by atoms with Gasteiger partial charge in [-0.1, -0.05) is 23.8 Å². The lowest BCUT2D eigenvalue weighted by molar-refractivity contribution is -0.138. The van der Waals surface area contributed by atoms with Gasteiger partial charge in [0.15, 0.2) is 0 Å². The van der Waals surface area contributed by atoms with Gasteiger partial charge in [0.05, 0.1) is 17.3 Å². The minimum Gasteiger partial charge on any atom is -0.496 e. The van der Waals surface area contributed by atoms with Crippen molar-refractivity contribution in [2.75, 3.05) is 7.11 Å². The van der Waals surface area contributed by atoms with Gasteiger partial charge in [-0.05, 0) is 37.3 Å². The van der Waals surface area contributed by atoms with Gasteiger partial charge in [-0.15, -0.1) is 11.3 Å². The van der Waals surface area contributed by atoms with Crippen LogP contribution in [0.4, 0.5) is 0 Å². The molecule has 1 heterocycles. The van der Waals surface area contributed by atoms with E-state index < -0.39 is 5.97 Å². The van der Waals surface area contributed by atoms with E-state index in [9.17, 15) is 4.79 Å². The number of ether oxygens (including phenoxy) is 2. The molecular weight excluding hydrogens is 322 g/mol. The lowest BCUT2D eigenvalue weighted by Crippen LogP contribution is -2.00. The number of para-hydroxylation sites is 1. The lowest BCUT2D eigenvalue weighted by Gasteiger charge is -2.05. The maximum absolute atomic E-state index is 11.9. The molecule has 3 aromatic rings. The predicted molar refractivity (Wildman–Crippen MR) is 96.2 cm³/mol. The quantitative estimate of drug-likeness (QED) is 0.511. The number of methoxy groups -OCH3 is 1. The molecule has 3 rings (SSSR count). The number of rotatable bonds is 5. The van der Waals surface area contributed by atoms with Crippen LogP contribution in [0.15, 0.2) is 48.5 Å². The lowest BCUT2D eigenvalue weighted by atomic mass is 10.1. The third-order valence-electron chi connectivity index (χ3n) is 3.46. The maximum atomic E-state index is 11.9. The van der Waals surface area contributed by atoms with Crippen LogP contribution < -0.4 is 4.74 Å². The summed E-state index contributed by atoms with van der Waals surface area (Å²) in [4.78, 5) is 16.4. The van der Waals surface area contributed by atoms with Gasteiger partial charge in [0.25, 0.3) is 0 Å². The largest absolute Gasteiger partial charge is 0.496 e. The fourth-order valence-corrected chi connectivity index (χ4v) is 3.19. The number of aryl methyl sites for hydroxylation is 1. The third-order valence-corrected chi connectivity index (χ3v) is 4.47. The van der Waals surface area contributed by atoms with Crippen LogP contribution in [0, 0.1) is 6.92 Å². The van der Waals surface area contributed by atoms with Gasteiger partial charge in [0.1, 0.15) is 17.4 Å². The molecular formula is C19H17NO3S. The van der Waals surface area contributed by atoms with Crippen LogP contribution in [0.3, 0.4) is 0 Å². The standard InChI is InChI=1S/C19H17NO3S/c1-13-7-9-16(22-2)14(11-13)8-10-19(21)23-12-18-20-15-5-3-4-6-17(15)24-18/h3-11H,12H2,1-2H3/b10-8+. The Morgan fingerprint density at radius 2 is 2.08 bits per heavy atom. The molecule has 0 bridgehead atoms. The zero-order chi connectivity index (χ0) is 16.9. The molecule has 0 unspecified atom stereocenters. The van der Waals surface area contributed by atoms with Crippen molar-refractivity contribution >= 4 is 33.6 Å². The minimum absolute atomic E-state index is 0.174. The first-order valence-electron chi connectivity index (χ1n) is 7.49. The molecule has 24 heavy (non-hydrogen) atoms.